The van der Waals surface area contributed by atoms with Crippen molar-refractivity contribution in [1.29, 1.82) is 0 Å². The van der Waals surface area contributed by atoms with Crippen molar-refractivity contribution in [3.05, 3.63) is 88.0 Å². The van der Waals surface area contributed by atoms with Gasteiger partial charge in [-0.05, 0) is 102 Å². The molecular formula is C37H37F6NO6. The van der Waals surface area contributed by atoms with Gasteiger partial charge in [-0.15, -0.1) is 0 Å². The first kappa shape index (κ1) is 36.6. The Labute approximate surface area is 285 Å². The van der Waals surface area contributed by atoms with E-state index >= 15 is 0 Å². The second kappa shape index (κ2) is 13.6. The zero-order chi connectivity index (χ0) is 36.8. The van der Waals surface area contributed by atoms with Gasteiger partial charge in [0.1, 0.15) is 23.2 Å². The Hall–Kier alpha value is -4.68. The number of nitrogens with zero attached hydrogens (tertiary/aromatic N) is 1. The number of halogens is 6. The van der Waals surface area contributed by atoms with Gasteiger partial charge in [0.15, 0.2) is 0 Å². The van der Waals surface area contributed by atoms with Crippen LogP contribution in [0.5, 0.6) is 11.5 Å². The van der Waals surface area contributed by atoms with Crippen molar-refractivity contribution in [3.8, 4) is 22.6 Å². The fourth-order valence-corrected chi connectivity index (χ4v) is 6.67. The Morgan fingerprint density at radius 1 is 0.880 bits per heavy atom. The minimum absolute atomic E-state index is 0.0371. The van der Waals surface area contributed by atoms with Crippen molar-refractivity contribution in [2.45, 2.75) is 64.5 Å². The highest BCUT2D eigenvalue weighted by Gasteiger charge is 2.44. The lowest BCUT2D eigenvalue weighted by Gasteiger charge is -2.36. The van der Waals surface area contributed by atoms with Crippen LogP contribution in [0.4, 0.5) is 31.1 Å². The summed E-state index contributed by atoms with van der Waals surface area (Å²) in [6.45, 7) is 5.75. The quantitative estimate of drug-likeness (QED) is 0.172. The molecule has 2 aliphatic rings. The molecule has 1 saturated heterocycles. The molecule has 0 saturated carbocycles. The molecule has 3 aromatic rings. The molecule has 0 bridgehead atoms. The van der Waals surface area contributed by atoms with Crippen LogP contribution in [-0.2, 0) is 21.8 Å². The number of esters is 1. The van der Waals surface area contributed by atoms with Gasteiger partial charge < -0.3 is 18.9 Å². The molecule has 7 nitrogen and oxygen atoms in total. The standard InChI is InChI=1S/C37H37F6NO6/c1-20-32(23-13-25(36(38,39)40)17-26(14-23)37(41,42)43)50-34(46)44(20)19-24-18-35(2,3)12-11-27(24)29-15-21(8-10-30(29)47-4)22-7-9-28(33(45)49-6)31(16-22)48-5/h7-10,13-17,20,32H,11-12,18-19H2,1-6H3/t20-,32-/m0/s1. The molecule has 3 aromatic carbocycles. The monoisotopic (exact) mass is 705 g/mol. The maximum atomic E-state index is 13.6. The number of ether oxygens (including phenoxy) is 4. The van der Waals surface area contributed by atoms with Crippen LogP contribution < -0.4 is 9.47 Å². The molecule has 0 aromatic heterocycles. The summed E-state index contributed by atoms with van der Waals surface area (Å²) in [6, 6.07) is 11.1. The maximum absolute atomic E-state index is 13.6. The summed E-state index contributed by atoms with van der Waals surface area (Å²) < 4.78 is 103. The van der Waals surface area contributed by atoms with Gasteiger partial charge in [0, 0.05) is 12.1 Å². The lowest BCUT2D eigenvalue weighted by atomic mass is 9.72. The number of carbonyl (C=O) groups excluding carboxylic acids is 2. The molecule has 268 valence electrons. The molecule has 1 amide bonds. The van der Waals surface area contributed by atoms with Gasteiger partial charge in [-0.1, -0.05) is 26.0 Å². The Morgan fingerprint density at radius 2 is 1.48 bits per heavy atom. The number of methoxy groups -OCH3 is 3. The van der Waals surface area contributed by atoms with E-state index in [0.29, 0.717) is 36.5 Å². The molecule has 0 radical (unpaired) electrons. The van der Waals surface area contributed by atoms with E-state index in [4.69, 9.17) is 18.9 Å². The molecule has 1 fully saturated rings. The summed E-state index contributed by atoms with van der Waals surface area (Å²) >= 11 is 0. The third-order valence-corrected chi connectivity index (χ3v) is 9.33. The number of rotatable bonds is 8. The van der Waals surface area contributed by atoms with E-state index in [2.05, 4.69) is 13.8 Å². The minimum atomic E-state index is -5.04. The number of amides is 1. The second-order valence-electron chi connectivity index (χ2n) is 13.3. The van der Waals surface area contributed by atoms with Crippen LogP contribution in [0.2, 0.25) is 0 Å². The Balaban J connectivity index is 1.55. The number of alkyl halides is 6. The van der Waals surface area contributed by atoms with Crippen molar-refractivity contribution in [3.63, 3.8) is 0 Å². The lowest BCUT2D eigenvalue weighted by Crippen LogP contribution is -2.35. The molecule has 0 unspecified atom stereocenters. The maximum Gasteiger partial charge on any atom is 0.416 e. The number of benzene rings is 3. The molecule has 1 aliphatic carbocycles. The minimum Gasteiger partial charge on any atom is -0.496 e. The van der Waals surface area contributed by atoms with Gasteiger partial charge in [0.25, 0.3) is 0 Å². The fraction of sp³-hybridized carbons (Fsp3) is 0.405. The van der Waals surface area contributed by atoms with Crippen molar-refractivity contribution in [1.82, 2.24) is 4.90 Å². The number of hydrogen-bond acceptors (Lipinski definition) is 6. The molecule has 13 heteroatoms. The van der Waals surface area contributed by atoms with Gasteiger partial charge in [0.05, 0.1) is 38.5 Å². The van der Waals surface area contributed by atoms with E-state index in [1.807, 2.05) is 18.2 Å². The highest BCUT2D eigenvalue weighted by molar-refractivity contribution is 5.93. The molecule has 0 N–H and O–H groups in total. The normalized spacial score (nSPS) is 19.4. The predicted octanol–water partition coefficient (Wildman–Crippen LogP) is 9.74. The second-order valence-corrected chi connectivity index (χ2v) is 13.3. The first-order chi connectivity index (χ1) is 23.4. The molecule has 0 spiro atoms. The van der Waals surface area contributed by atoms with Crippen LogP contribution in [0.15, 0.2) is 60.2 Å². The molecule has 50 heavy (non-hydrogen) atoms. The van der Waals surface area contributed by atoms with Gasteiger partial charge >= 0.3 is 24.4 Å². The van der Waals surface area contributed by atoms with Gasteiger partial charge in [0.2, 0.25) is 0 Å². The van der Waals surface area contributed by atoms with Gasteiger partial charge in [-0.3, -0.25) is 4.90 Å². The van der Waals surface area contributed by atoms with E-state index in [0.717, 1.165) is 34.3 Å². The van der Waals surface area contributed by atoms with E-state index in [-0.39, 0.29) is 23.6 Å². The summed E-state index contributed by atoms with van der Waals surface area (Å²) in [4.78, 5) is 26.9. The topological polar surface area (TPSA) is 74.3 Å². The van der Waals surface area contributed by atoms with Crippen LogP contribution in [0.3, 0.4) is 0 Å². The summed E-state index contributed by atoms with van der Waals surface area (Å²) in [5.74, 6) is 0.345. The first-order valence-corrected chi connectivity index (χ1v) is 15.8. The molecule has 1 heterocycles. The summed E-state index contributed by atoms with van der Waals surface area (Å²) in [7, 11) is 4.26. The van der Waals surface area contributed by atoms with E-state index in [1.54, 1.807) is 25.1 Å². The molecule has 5 rings (SSSR count). The predicted molar refractivity (Wildman–Crippen MR) is 173 cm³/mol. The van der Waals surface area contributed by atoms with Gasteiger partial charge in [-0.2, -0.15) is 26.3 Å². The first-order valence-electron chi connectivity index (χ1n) is 15.8. The summed E-state index contributed by atoms with van der Waals surface area (Å²) in [5.41, 5.74) is 0.796. The third kappa shape index (κ3) is 7.41. The SMILES string of the molecule is COC(=O)c1ccc(-c2ccc(OC)c(C3=C(CN4C(=O)O[C@H](c5cc(C(F)(F)F)cc(C(F)(F)F)c5)[C@@H]4C)CC(C)(C)CC3)c2)cc1OC. The van der Waals surface area contributed by atoms with Crippen molar-refractivity contribution in [2.24, 2.45) is 5.41 Å². The zero-order valence-electron chi connectivity index (χ0n) is 28.3. The highest BCUT2D eigenvalue weighted by Crippen LogP contribution is 2.47. The number of hydrogen-bond donors (Lipinski definition) is 0. The number of allylic oxidation sites excluding steroid dienone is 1. The molecule has 2 atom stereocenters. The fourth-order valence-electron chi connectivity index (χ4n) is 6.67. The Morgan fingerprint density at radius 3 is 2.06 bits per heavy atom. The van der Waals surface area contributed by atoms with Crippen LogP contribution >= 0.6 is 0 Å². The van der Waals surface area contributed by atoms with Crippen LogP contribution in [0.1, 0.15) is 78.7 Å². The molecule has 1 aliphatic heterocycles. The van der Waals surface area contributed by atoms with Crippen LogP contribution in [0, 0.1) is 5.41 Å². The average Bonchev–Trinajstić information content (AvgIpc) is 3.34. The Kier molecular flexibility index (Phi) is 9.92. The third-order valence-electron chi connectivity index (χ3n) is 9.33. The van der Waals surface area contributed by atoms with Crippen molar-refractivity contribution < 1.29 is 54.9 Å². The zero-order valence-corrected chi connectivity index (χ0v) is 28.3. The van der Waals surface area contributed by atoms with E-state index in [9.17, 15) is 35.9 Å². The number of carbonyl (C=O) groups is 2. The molecular weight excluding hydrogens is 668 g/mol. The van der Waals surface area contributed by atoms with Crippen LogP contribution in [0.25, 0.3) is 16.7 Å². The van der Waals surface area contributed by atoms with E-state index < -0.39 is 53.3 Å². The van der Waals surface area contributed by atoms with Crippen molar-refractivity contribution in [2.75, 3.05) is 27.9 Å². The average molecular weight is 706 g/mol. The smallest absolute Gasteiger partial charge is 0.416 e. The Bertz CT molecular complexity index is 1800. The largest absolute Gasteiger partial charge is 0.496 e. The van der Waals surface area contributed by atoms with Crippen molar-refractivity contribution >= 4 is 17.6 Å². The lowest BCUT2D eigenvalue weighted by molar-refractivity contribution is -0.143. The summed E-state index contributed by atoms with van der Waals surface area (Å²) in [5, 5.41) is 0. The highest BCUT2D eigenvalue weighted by atomic mass is 19.4. The number of cyclic esters (lactones) is 1. The van der Waals surface area contributed by atoms with Crippen LogP contribution in [-0.4, -0.2) is 50.9 Å². The van der Waals surface area contributed by atoms with E-state index in [1.165, 1.54) is 26.2 Å². The summed E-state index contributed by atoms with van der Waals surface area (Å²) in [6.07, 6.45) is -10.3. The van der Waals surface area contributed by atoms with Gasteiger partial charge in [-0.25, -0.2) is 9.59 Å².